The quantitative estimate of drug-likeness (QED) is 0.825. The van der Waals surface area contributed by atoms with Crippen molar-refractivity contribution in [2.45, 2.75) is 38.3 Å². The Hall–Kier alpha value is -0.450. The molecule has 0 spiro atoms. The summed E-state index contributed by atoms with van der Waals surface area (Å²) in [6.45, 7) is 5.87. The Bertz CT molecular complexity index is 460. The average molecular weight is 341 g/mol. The molecule has 20 heavy (non-hydrogen) atoms. The SMILES string of the molecule is Fc1ccc(CN2CCCC2CN2CCCC2)cc1Br. The largest absolute Gasteiger partial charge is 0.302 e. The second-order valence-corrected chi connectivity index (χ2v) is 6.88. The third-order valence-electron chi connectivity index (χ3n) is 4.54. The van der Waals surface area contributed by atoms with Crippen LogP contribution in [0.2, 0.25) is 0 Å². The standard InChI is InChI=1S/C16H22BrFN2/c17-15-10-13(5-6-16(15)18)11-20-9-3-4-14(20)12-19-7-1-2-8-19/h5-6,10,14H,1-4,7-9,11-12H2. The minimum Gasteiger partial charge on any atom is -0.302 e. The zero-order valence-electron chi connectivity index (χ0n) is 11.8. The van der Waals surface area contributed by atoms with Gasteiger partial charge in [-0.25, -0.2) is 4.39 Å². The van der Waals surface area contributed by atoms with Crippen molar-refractivity contribution >= 4 is 15.9 Å². The van der Waals surface area contributed by atoms with Crippen LogP contribution >= 0.6 is 15.9 Å². The van der Waals surface area contributed by atoms with Crippen LogP contribution in [-0.2, 0) is 6.54 Å². The first kappa shape index (κ1) is 14.5. The monoisotopic (exact) mass is 340 g/mol. The molecule has 0 saturated carbocycles. The average Bonchev–Trinajstić information content (AvgIpc) is 3.07. The van der Waals surface area contributed by atoms with Gasteiger partial charge in [-0.3, -0.25) is 4.90 Å². The van der Waals surface area contributed by atoms with Gasteiger partial charge in [-0.15, -0.1) is 0 Å². The summed E-state index contributed by atoms with van der Waals surface area (Å²) in [7, 11) is 0. The molecule has 0 bridgehead atoms. The number of halogens is 2. The van der Waals surface area contributed by atoms with Crippen molar-refractivity contribution in [3.8, 4) is 0 Å². The second kappa shape index (κ2) is 6.54. The molecule has 3 rings (SSSR count). The second-order valence-electron chi connectivity index (χ2n) is 6.02. The van der Waals surface area contributed by atoms with E-state index in [2.05, 4.69) is 25.7 Å². The van der Waals surface area contributed by atoms with E-state index in [4.69, 9.17) is 0 Å². The molecule has 0 radical (unpaired) electrons. The van der Waals surface area contributed by atoms with Crippen LogP contribution in [0.25, 0.3) is 0 Å². The summed E-state index contributed by atoms with van der Waals surface area (Å²) in [5.74, 6) is -0.177. The topological polar surface area (TPSA) is 6.48 Å². The molecule has 1 aromatic carbocycles. The molecule has 1 atom stereocenters. The van der Waals surface area contributed by atoms with Crippen LogP contribution in [0.15, 0.2) is 22.7 Å². The van der Waals surface area contributed by atoms with E-state index >= 15 is 0 Å². The van der Waals surface area contributed by atoms with Gasteiger partial charge in [-0.1, -0.05) is 6.07 Å². The molecule has 2 aliphatic rings. The minimum absolute atomic E-state index is 0.177. The first-order valence-corrected chi connectivity index (χ1v) is 8.42. The Morgan fingerprint density at radius 3 is 2.70 bits per heavy atom. The minimum atomic E-state index is -0.177. The third kappa shape index (κ3) is 3.41. The van der Waals surface area contributed by atoms with Crippen molar-refractivity contribution in [2.75, 3.05) is 26.2 Å². The van der Waals surface area contributed by atoms with Crippen molar-refractivity contribution < 1.29 is 4.39 Å². The first-order valence-electron chi connectivity index (χ1n) is 7.63. The van der Waals surface area contributed by atoms with Crippen molar-refractivity contribution in [1.82, 2.24) is 9.80 Å². The van der Waals surface area contributed by atoms with Gasteiger partial charge in [0.25, 0.3) is 0 Å². The fraction of sp³-hybridized carbons (Fsp3) is 0.625. The van der Waals surface area contributed by atoms with E-state index in [0.717, 1.165) is 6.54 Å². The van der Waals surface area contributed by atoms with Gasteiger partial charge in [-0.2, -0.15) is 0 Å². The Morgan fingerprint density at radius 2 is 1.95 bits per heavy atom. The summed E-state index contributed by atoms with van der Waals surface area (Å²) in [5.41, 5.74) is 1.20. The Morgan fingerprint density at radius 1 is 1.15 bits per heavy atom. The molecule has 2 heterocycles. The van der Waals surface area contributed by atoms with E-state index in [0.29, 0.717) is 10.5 Å². The highest BCUT2D eigenvalue weighted by Crippen LogP contribution is 2.24. The summed E-state index contributed by atoms with van der Waals surface area (Å²) < 4.78 is 13.9. The summed E-state index contributed by atoms with van der Waals surface area (Å²) in [6, 6.07) is 6.06. The van der Waals surface area contributed by atoms with Gasteiger partial charge in [0, 0.05) is 19.1 Å². The third-order valence-corrected chi connectivity index (χ3v) is 5.14. The van der Waals surface area contributed by atoms with E-state index in [1.165, 1.54) is 57.4 Å². The van der Waals surface area contributed by atoms with Crippen molar-refractivity contribution in [3.05, 3.63) is 34.1 Å². The van der Waals surface area contributed by atoms with Gasteiger partial charge in [0.15, 0.2) is 0 Å². The lowest BCUT2D eigenvalue weighted by molar-refractivity contribution is 0.185. The van der Waals surface area contributed by atoms with Gasteiger partial charge in [-0.05, 0) is 78.9 Å². The number of hydrogen-bond acceptors (Lipinski definition) is 2. The maximum Gasteiger partial charge on any atom is 0.137 e. The van der Waals surface area contributed by atoms with Crippen LogP contribution in [0.3, 0.4) is 0 Å². The number of likely N-dealkylation sites (tertiary alicyclic amines) is 2. The lowest BCUT2D eigenvalue weighted by atomic mass is 10.1. The van der Waals surface area contributed by atoms with E-state index in [1.807, 2.05) is 12.1 Å². The summed E-state index contributed by atoms with van der Waals surface area (Å²) in [6.07, 6.45) is 5.31. The van der Waals surface area contributed by atoms with Crippen molar-refractivity contribution in [2.24, 2.45) is 0 Å². The molecule has 2 saturated heterocycles. The Labute approximate surface area is 129 Å². The number of benzene rings is 1. The lowest BCUT2D eigenvalue weighted by Gasteiger charge is -2.28. The Balaban J connectivity index is 1.61. The van der Waals surface area contributed by atoms with Gasteiger partial charge in [0.05, 0.1) is 4.47 Å². The van der Waals surface area contributed by atoms with E-state index in [9.17, 15) is 4.39 Å². The van der Waals surface area contributed by atoms with Crippen molar-refractivity contribution in [1.29, 1.82) is 0 Å². The smallest absolute Gasteiger partial charge is 0.137 e. The molecule has 0 aromatic heterocycles. The van der Waals surface area contributed by atoms with Gasteiger partial charge >= 0.3 is 0 Å². The van der Waals surface area contributed by atoms with Crippen LogP contribution < -0.4 is 0 Å². The fourth-order valence-electron chi connectivity index (χ4n) is 3.45. The highest BCUT2D eigenvalue weighted by molar-refractivity contribution is 9.10. The number of rotatable bonds is 4. The van der Waals surface area contributed by atoms with E-state index in [1.54, 1.807) is 6.07 Å². The summed E-state index contributed by atoms with van der Waals surface area (Å²) >= 11 is 3.28. The van der Waals surface area contributed by atoms with Gasteiger partial charge in [0.2, 0.25) is 0 Å². The van der Waals surface area contributed by atoms with Crippen LogP contribution in [0.4, 0.5) is 4.39 Å². The molecule has 110 valence electrons. The Kier molecular flexibility index (Phi) is 4.74. The van der Waals surface area contributed by atoms with Crippen LogP contribution in [0.5, 0.6) is 0 Å². The predicted octanol–water partition coefficient (Wildman–Crippen LogP) is 3.65. The molecule has 1 unspecified atom stereocenters. The molecule has 2 fully saturated rings. The molecule has 0 aliphatic carbocycles. The number of nitrogens with zero attached hydrogens (tertiary/aromatic N) is 2. The molecule has 0 N–H and O–H groups in total. The zero-order valence-corrected chi connectivity index (χ0v) is 13.4. The maximum atomic E-state index is 13.3. The summed E-state index contributed by atoms with van der Waals surface area (Å²) in [4.78, 5) is 5.17. The number of hydrogen-bond donors (Lipinski definition) is 0. The maximum absolute atomic E-state index is 13.3. The van der Waals surface area contributed by atoms with Gasteiger partial charge < -0.3 is 4.90 Å². The predicted molar refractivity (Wildman–Crippen MR) is 83.2 cm³/mol. The molecular formula is C16H22BrFN2. The molecule has 2 nitrogen and oxygen atoms in total. The van der Waals surface area contributed by atoms with Crippen LogP contribution in [-0.4, -0.2) is 42.0 Å². The zero-order chi connectivity index (χ0) is 13.9. The normalized spacial score (nSPS) is 24.6. The highest BCUT2D eigenvalue weighted by atomic mass is 79.9. The highest BCUT2D eigenvalue weighted by Gasteiger charge is 2.27. The van der Waals surface area contributed by atoms with Crippen LogP contribution in [0.1, 0.15) is 31.2 Å². The lowest BCUT2D eigenvalue weighted by Crippen LogP contribution is -2.38. The van der Waals surface area contributed by atoms with E-state index < -0.39 is 0 Å². The molecule has 1 aromatic rings. The first-order chi connectivity index (χ1) is 9.72. The molecule has 2 aliphatic heterocycles. The summed E-state index contributed by atoms with van der Waals surface area (Å²) in [5, 5.41) is 0. The van der Waals surface area contributed by atoms with E-state index in [-0.39, 0.29) is 5.82 Å². The molecule has 0 amide bonds. The molecular weight excluding hydrogens is 319 g/mol. The van der Waals surface area contributed by atoms with Gasteiger partial charge in [0.1, 0.15) is 5.82 Å². The van der Waals surface area contributed by atoms with Crippen LogP contribution in [0, 0.1) is 5.82 Å². The fourth-order valence-corrected chi connectivity index (χ4v) is 3.87. The van der Waals surface area contributed by atoms with Crippen molar-refractivity contribution in [3.63, 3.8) is 0 Å². The molecule has 4 heteroatoms.